The molecule has 0 fully saturated rings. The van der Waals surface area contributed by atoms with Crippen molar-refractivity contribution in [2.24, 2.45) is 0 Å². The minimum Gasteiger partial charge on any atom is -0.479 e. The topological polar surface area (TPSA) is 12.5 Å². The van der Waals surface area contributed by atoms with Crippen LogP contribution >= 0.6 is 0 Å². The van der Waals surface area contributed by atoms with Crippen LogP contribution in [0.3, 0.4) is 0 Å². The lowest BCUT2D eigenvalue weighted by molar-refractivity contribution is 0.0404. The first-order chi connectivity index (χ1) is 7.76. The van der Waals surface area contributed by atoms with E-state index < -0.39 is 0 Å². The third kappa shape index (κ3) is 7.38. The molecule has 0 amide bonds. The summed E-state index contributed by atoms with van der Waals surface area (Å²) in [5.74, 6) is 0. The summed E-state index contributed by atoms with van der Waals surface area (Å²) in [6, 6.07) is 0. The van der Waals surface area contributed by atoms with Gasteiger partial charge in [-0.3, -0.25) is 0 Å². The molecule has 2 heteroatoms. The number of ether oxygens (including phenoxy) is 1. The highest BCUT2D eigenvalue weighted by Gasteiger charge is 2.05. The minimum atomic E-state index is 0.117. The molecule has 0 aliphatic heterocycles. The van der Waals surface area contributed by atoms with E-state index in [1.54, 1.807) is 0 Å². The Morgan fingerprint density at radius 2 is 1.69 bits per heavy atom. The van der Waals surface area contributed by atoms with E-state index in [0.29, 0.717) is 0 Å². The van der Waals surface area contributed by atoms with Crippen molar-refractivity contribution < 1.29 is 4.74 Å². The monoisotopic (exact) mass is 225 g/mol. The van der Waals surface area contributed by atoms with E-state index in [4.69, 9.17) is 4.74 Å². The second kappa shape index (κ2) is 10.6. The maximum atomic E-state index is 5.62. The van der Waals surface area contributed by atoms with E-state index in [0.717, 1.165) is 19.4 Å². The zero-order valence-electron chi connectivity index (χ0n) is 11.3. The molecule has 0 aromatic heterocycles. The predicted molar refractivity (Wildman–Crippen MR) is 71.0 cm³/mol. The van der Waals surface area contributed by atoms with E-state index >= 15 is 0 Å². The van der Waals surface area contributed by atoms with E-state index in [9.17, 15) is 0 Å². The molecule has 0 radical (unpaired) electrons. The fourth-order valence-corrected chi connectivity index (χ4v) is 1.34. The van der Waals surface area contributed by atoms with Crippen molar-refractivity contribution in [2.75, 3.05) is 6.54 Å². The predicted octanol–water partition coefficient (Wildman–Crippen LogP) is 4.30. The molecule has 0 N–H and O–H groups in total. The zero-order valence-corrected chi connectivity index (χ0v) is 11.3. The first kappa shape index (κ1) is 15.1. The molecule has 0 rings (SSSR count). The molecule has 0 bridgehead atoms. The van der Waals surface area contributed by atoms with E-state index in [1.807, 2.05) is 6.26 Å². The Morgan fingerprint density at radius 3 is 2.25 bits per heavy atom. The summed E-state index contributed by atoms with van der Waals surface area (Å²) in [5, 5.41) is 0. The molecule has 0 saturated carbocycles. The molecule has 0 aromatic carbocycles. The van der Waals surface area contributed by atoms with E-state index in [1.165, 1.54) is 12.8 Å². The number of allylic oxidation sites excluding steroid dienone is 2. The minimum absolute atomic E-state index is 0.117. The fourth-order valence-electron chi connectivity index (χ4n) is 1.34. The Hall–Kier alpha value is -0.920. The summed E-state index contributed by atoms with van der Waals surface area (Å²) in [5.41, 5.74) is 0. The highest BCUT2D eigenvalue weighted by atomic mass is 16.5. The lowest BCUT2D eigenvalue weighted by Crippen LogP contribution is -2.28. The lowest BCUT2D eigenvalue weighted by Gasteiger charge is -2.25. The van der Waals surface area contributed by atoms with Gasteiger partial charge in [0.15, 0.2) is 6.23 Å². The summed E-state index contributed by atoms with van der Waals surface area (Å²) >= 11 is 0. The maximum Gasteiger partial charge on any atom is 0.168 e. The molecule has 0 aliphatic rings. The molecular weight excluding hydrogens is 198 g/mol. The Labute approximate surface area is 101 Å². The summed E-state index contributed by atoms with van der Waals surface area (Å²) in [4.78, 5) is 2.20. The van der Waals surface area contributed by atoms with Gasteiger partial charge in [-0.05, 0) is 39.0 Å². The number of rotatable bonds is 9. The van der Waals surface area contributed by atoms with Gasteiger partial charge in [-0.15, -0.1) is 0 Å². The molecule has 0 spiro atoms. The van der Waals surface area contributed by atoms with Crippen molar-refractivity contribution in [3.8, 4) is 0 Å². The highest BCUT2D eigenvalue weighted by molar-refractivity contribution is 4.83. The molecule has 2 nitrogen and oxygen atoms in total. The van der Waals surface area contributed by atoms with E-state index in [-0.39, 0.29) is 6.23 Å². The average Bonchev–Trinajstić information content (AvgIpc) is 2.30. The number of hydrogen-bond acceptors (Lipinski definition) is 2. The van der Waals surface area contributed by atoms with Crippen molar-refractivity contribution in [2.45, 2.75) is 59.6 Å². The van der Waals surface area contributed by atoms with Crippen LogP contribution in [0.15, 0.2) is 24.6 Å². The largest absolute Gasteiger partial charge is 0.479 e. The van der Waals surface area contributed by atoms with Crippen LogP contribution in [0.4, 0.5) is 0 Å². The Kier molecular flexibility index (Phi) is 9.98. The Balaban J connectivity index is 3.94. The van der Waals surface area contributed by atoms with Crippen LogP contribution in [-0.4, -0.2) is 17.7 Å². The molecule has 1 atom stereocenters. The highest BCUT2D eigenvalue weighted by Crippen LogP contribution is 2.04. The molecule has 0 aliphatic carbocycles. The Morgan fingerprint density at radius 1 is 1.06 bits per heavy atom. The van der Waals surface area contributed by atoms with Crippen LogP contribution in [0.5, 0.6) is 0 Å². The standard InChI is InChI=1S/C14H27NO/c1-5-8-10-12-15(7-3)14(4)16-13-11-9-6-2/h10-14H,5-9H2,1-4H3. The van der Waals surface area contributed by atoms with Gasteiger partial charge in [0.2, 0.25) is 0 Å². The fraction of sp³-hybridized carbons (Fsp3) is 0.714. The summed E-state index contributed by atoms with van der Waals surface area (Å²) in [7, 11) is 0. The summed E-state index contributed by atoms with van der Waals surface area (Å²) in [6.07, 6.45) is 13.0. The van der Waals surface area contributed by atoms with Crippen molar-refractivity contribution in [1.29, 1.82) is 0 Å². The average molecular weight is 225 g/mol. The Bertz CT molecular complexity index is 199. The molecule has 0 aromatic rings. The van der Waals surface area contributed by atoms with Crippen molar-refractivity contribution in [3.63, 3.8) is 0 Å². The molecule has 1 unspecified atom stereocenters. The van der Waals surface area contributed by atoms with Gasteiger partial charge in [0.1, 0.15) is 0 Å². The SMILES string of the molecule is CCCC=COC(C)N(C=CCCC)CC. The van der Waals surface area contributed by atoms with Crippen LogP contribution in [0, 0.1) is 0 Å². The van der Waals surface area contributed by atoms with Crippen molar-refractivity contribution in [3.05, 3.63) is 24.6 Å². The number of nitrogens with zero attached hydrogens (tertiary/aromatic N) is 1. The molecular formula is C14H27NO. The first-order valence-corrected chi connectivity index (χ1v) is 6.49. The van der Waals surface area contributed by atoms with Gasteiger partial charge in [0, 0.05) is 6.54 Å². The van der Waals surface area contributed by atoms with Crippen molar-refractivity contribution in [1.82, 2.24) is 4.90 Å². The third-order valence-electron chi connectivity index (χ3n) is 2.41. The third-order valence-corrected chi connectivity index (χ3v) is 2.41. The van der Waals surface area contributed by atoms with Crippen molar-refractivity contribution >= 4 is 0 Å². The number of hydrogen-bond donors (Lipinski definition) is 0. The van der Waals surface area contributed by atoms with Gasteiger partial charge in [0.25, 0.3) is 0 Å². The summed E-state index contributed by atoms with van der Waals surface area (Å²) < 4.78 is 5.62. The smallest absolute Gasteiger partial charge is 0.168 e. The molecule has 94 valence electrons. The number of unbranched alkanes of at least 4 members (excludes halogenated alkanes) is 2. The van der Waals surface area contributed by atoms with Crippen LogP contribution in [-0.2, 0) is 4.74 Å². The van der Waals surface area contributed by atoms with Gasteiger partial charge < -0.3 is 9.64 Å². The van der Waals surface area contributed by atoms with Gasteiger partial charge in [0.05, 0.1) is 6.26 Å². The van der Waals surface area contributed by atoms with Gasteiger partial charge in [-0.1, -0.05) is 32.8 Å². The van der Waals surface area contributed by atoms with Crippen LogP contribution in [0.25, 0.3) is 0 Å². The maximum absolute atomic E-state index is 5.62. The van der Waals surface area contributed by atoms with Crippen LogP contribution in [0.1, 0.15) is 53.4 Å². The van der Waals surface area contributed by atoms with Gasteiger partial charge >= 0.3 is 0 Å². The van der Waals surface area contributed by atoms with Crippen LogP contribution < -0.4 is 0 Å². The second-order valence-electron chi connectivity index (χ2n) is 3.90. The van der Waals surface area contributed by atoms with Crippen LogP contribution in [0.2, 0.25) is 0 Å². The zero-order chi connectivity index (χ0) is 12.2. The molecule has 16 heavy (non-hydrogen) atoms. The van der Waals surface area contributed by atoms with Gasteiger partial charge in [-0.2, -0.15) is 0 Å². The lowest BCUT2D eigenvalue weighted by atomic mass is 10.3. The quantitative estimate of drug-likeness (QED) is 0.428. The second-order valence-corrected chi connectivity index (χ2v) is 3.90. The van der Waals surface area contributed by atoms with Gasteiger partial charge in [-0.25, -0.2) is 0 Å². The normalized spacial score (nSPS) is 13.5. The summed E-state index contributed by atoms with van der Waals surface area (Å²) in [6.45, 7) is 9.55. The van der Waals surface area contributed by atoms with E-state index in [2.05, 4.69) is 50.9 Å². The first-order valence-electron chi connectivity index (χ1n) is 6.49. The molecule has 0 heterocycles. The molecule has 0 saturated heterocycles.